The summed E-state index contributed by atoms with van der Waals surface area (Å²) in [6, 6.07) is 2.82. The molecule has 0 radical (unpaired) electrons. The zero-order valence-electron chi connectivity index (χ0n) is 22.7. The van der Waals surface area contributed by atoms with E-state index in [9.17, 15) is 43.8 Å². The summed E-state index contributed by atoms with van der Waals surface area (Å²) < 4.78 is 5.83. The SMILES string of the molecule is C[C@H]1c2cccc(O)c2C(=O)C2C(=O)[C@]3(O)C(=O)C(C(N)=O)C(=O)[C@@H](N(C)C)[C@@H]3[C@@H](OC(=O)CCCCC(=O)O)[C@@H]21. The number of nitrogens with zero attached hydrogens (tertiary/aromatic N) is 1. The number of nitrogens with two attached hydrogens (primary N) is 1. The number of unbranched alkanes of at least 4 members (excludes halogenated alkanes) is 1. The summed E-state index contributed by atoms with van der Waals surface area (Å²) in [5.41, 5.74) is 2.43. The molecule has 1 aromatic carbocycles. The van der Waals surface area contributed by atoms with E-state index in [0.717, 1.165) is 0 Å². The Morgan fingerprint density at radius 2 is 1.68 bits per heavy atom. The Bertz CT molecular complexity index is 1350. The molecule has 4 rings (SSSR count). The first kappa shape index (κ1) is 30.0. The molecule has 220 valence electrons. The fourth-order valence-corrected chi connectivity index (χ4v) is 6.82. The van der Waals surface area contributed by atoms with Crippen LogP contribution in [0, 0.1) is 23.7 Å². The predicted molar refractivity (Wildman–Crippen MR) is 137 cm³/mol. The van der Waals surface area contributed by atoms with Crippen LogP contribution in [-0.4, -0.2) is 93.0 Å². The normalized spacial score (nSPS) is 32.7. The van der Waals surface area contributed by atoms with Crippen LogP contribution in [0.1, 0.15) is 54.4 Å². The Labute approximate surface area is 234 Å². The minimum atomic E-state index is -3.10. The van der Waals surface area contributed by atoms with Crippen LogP contribution in [0.4, 0.5) is 0 Å². The summed E-state index contributed by atoms with van der Waals surface area (Å²) in [7, 11) is 2.84. The van der Waals surface area contributed by atoms with E-state index in [2.05, 4.69) is 0 Å². The molecule has 3 aliphatic carbocycles. The van der Waals surface area contributed by atoms with Gasteiger partial charge in [-0.2, -0.15) is 0 Å². The van der Waals surface area contributed by atoms with Gasteiger partial charge >= 0.3 is 11.9 Å². The molecule has 0 bridgehead atoms. The molecule has 8 atom stereocenters. The largest absolute Gasteiger partial charge is 0.507 e. The van der Waals surface area contributed by atoms with Crippen molar-refractivity contribution in [1.29, 1.82) is 0 Å². The highest BCUT2D eigenvalue weighted by atomic mass is 16.5. The second-order valence-electron chi connectivity index (χ2n) is 11.2. The number of primary amides is 1. The lowest BCUT2D eigenvalue weighted by Gasteiger charge is -2.56. The van der Waals surface area contributed by atoms with Gasteiger partial charge in [0.1, 0.15) is 11.9 Å². The number of ether oxygens (including phenoxy) is 1. The number of aliphatic carboxylic acids is 1. The van der Waals surface area contributed by atoms with Gasteiger partial charge < -0.3 is 25.8 Å². The molecular formula is C28H32N2O11. The Morgan fingerprint density at radius 3 is 2.27 bits per heavy atom. The van der Waals surface area contributed by atoms with Crippen molar-refractivity contribution >= 4 is 41.0 Å². The Morgan fingerprint density at radius 1 is 1.05 bits per heavy atom. The summed E-state index contributed by atoms with van der Waals surface area (Å²) in [6.07, 6.45) is -1.70. The number of benzene rings is 1. The van der Waals surface area contributed by atoms with Crippen molar-refractivity contribution in [3.05, 3.63) is 29.3 Å². The van der Waals surface area contributed by atoms with Gasteiger partial charge in [0.05, 0.1) is 23.4 Å². The van der Waals surface area contributed by atoms with Gasteiger partial charge in [-0.3, -0.25) is 38.5 Å². The van der Waals surface area contributed by atoms with Crippen LogP contribution in [0.3, 0.4) is 0 Å². The molecule has 0 aliphatic heterocycles. The van der Waals surface area contributed by atoms with Gasteiger partial charge in [0.15, 0.2) is 34.7 Å². The number of Topliss-reactive ketones (excluding diaryl/α,β-unsaturated/α-hetero) is 4. The van der Waals surface area contributed by atoms with Crippen molar-refractivity contribution in [1.82, 2.24) is 4.90 Å². The molecule has 41 heavy (non-hydrogen) atoms. The maximum atomic E-state index is 14.1. The molecule has 0 aromatic heterocycles. The number of amides is 1. The molecule has 1 amide bonds. The number of hydrogen-bond acceptors (Lipinski definition) is 11. The molecular weight excluding hydrogens is 540 g/mol. The van der Waals surface area contributed by atoms with Gasteiger partial charge in [0, 0.05) is 18.8 Å². The van der Waals surface area contributed by atoms with E-state index >= 15 is 0 Å². The summed E-state index contributed by atoms with van der Waals surface area (Å²) in [5.74, 6) is -15.9. The van der Waals surface area contributed by atoms with E-state index in [1.807, 2.05) is 0 Å². The number of rotatable bonds is 8. The number of likely N-dealkylation sites (N-methyl/N-ethyl adjacent to an activating group) is 1. The summed E-state index contributed by atoms with van der Waals surface area (Å²) in [6.45, 7) is 1.64. The zero-order valence-corrected chi connectivity index (χ0v) is 22.7. The van der Waals surface area contributed by atoms with Gasteiger partial charge in [-0.05, 0) is 44.5 Å². The second-order valence-corrected chi connectivity index (χ2v) is 11.2. The second kappa shape index (κ2) is 10.8. The summed E-state index contributed by atoms with van der Waals surface area (Å²) in [4.78, 5) is 92.4. The van der Waals surface area contributed by atoms with E-state index in [1.54, 1.807) is 13.0 Å². The number of carboxylic acids is 1. The van der Waals surface area contributed by atoms with Crippen LogP contribution in [-0.2, 0) is 33.5 Å². The number of phenolic OH excluding ortho intramolecular Hbond substituents is 1. The third-order valence-electron chi connectivity index (χ3n) is 8.61. The molecule has 5 N–H and O–H groups in total. The van der Waals surface area contributed by atoms with Gasteiger partial charge in [-0.15, -0.1) is 0 Å². The van der Waals surface area contributed by atoms with E-state index in [4.69, 9.17) is 15.6 Å². The minimum absolute atomic E-state index is 0.129. The first-order valence-corrected chi connectivity index (χ1v) is 13.2. The highest BCUT2D eigenvalue weighted by Gasteiger charge is 2.74. The Kier molecular flexibility index (Phi) is 7.89. The van der Waals surface area contributed by atoms with Crippen LogP contribution in [0.2, 0.25) is 0 Å². The molecule has 0 spiro atoms. The standard InChI is InChI=1S/C28H32N2O11/c1-11-12-7-6-8-13(31)17(12)22(35)18-16(11)24(41-15(34)10-5-4-9-14(32)33)20-21(30(2)3)23(36)19(27(29)39)26(38)28(20,40)25(18)37/h6-8,11,16,18-21,24,31,40H,4-5,9-10H2,1-3H3,(H2,29,39)(H,32,33)/t11-,16+,18?,19?,20+,21-,24-,28-/m0/s1. The summed E-state index contributed by atoms with van der Waals surface area (Å²) in [5, 5.41) is 31.3. The average Bonchev–Trinajstić information content (AvgIpc) is 2.88. The van der Waals surface area contributed by atoms with E-state index in [-0.39, 0.29) is 31.2 Å². The van der Waals surface area contributed by atoms with Crippen molar-refractivity contribution < 1.29 is 53.6 Å². The first-order chi connectivity index (χ1) is 19.2. The fraction of sp³-hybridized carbons (Fsp3) is 0.536. The number of aliphatic hydroxyl groups is 1. The molecule has 13 nitrogen and oxygen atoms in total. The lowest BCUT2D eigenvalue weighted by Crippen LogP contribution is -2.78. The topological polar surface area (TPSA) is 219 Å². The van der Waals surface area contributed by atoms with E-state index in [1.165, 1.54) is 31.1 Å². The monoisotopic (exact) mass is 572 g/mol. The number of carboxylic acid groups (broad SMARTS) is 1. The number of aromatic hydroxyl groups is 1. The Hall–Kier alpha value is -3.97. The van der Waals surface area contributed by atoms with Gasteiger partial charge in [-0.1, -0.05) is 19.1 Å². The Balaban J connectivity index is 1.89. The predicted octanol–water partition coefficient (Wildman–Crippen LogP) is -0.405. The van der Waals surface area contributed by atoms with Crippen LogP contribution < -0.4 is 5.73 Å². The molecule has 3 aliphatic rings. The fourth-order valence-electron chi connectivity index (χ4n) is 6.82. The van der Waals surface area contributed by atoms with Crippen LogP contribution in [0.5, 0.6) is 5.75 Å². The maximum absolute atomic E-state index is 14.1. The van der Waals surface area contributed by atoms with Crippen molar-refractivity contribution in [3.8, 4) is 5.75 Å². The average molecular weight is 573 g/mol. The molecule has 2 unspecified atom stereocenters. The van der Waals surface area contributed by atoms with Crippen molar-refractivity contribution in [3.63, 3.8) is 0 Å². The molecule has 13 heteroatoms. The van der Waals surface area contributed by atoms with Crippen molar-refractivity contribution in [2.45, 2.75) is 56.3 Å². The van der Waals surface area contributed by atoms with Crippen LogP contribution in [0.15, 0.2) is 18.2 Å². The smallest absolute Gasteiger partial charge is 0.306 e. The highest BCUT2D eigenvalue weighted by molar-refractivity contribution is 6.32. The van der Waals surface area contributed by atoms with E-state index in [0.29, 0.717) is 5.56 Å². The number of esters is 1. The van der Waals surface area contributed by atoms with Gasteiger partial charge in [0.2, 0.25) is 5.91 Å². The van der Waals surface area contributed by atoms with E-state index < -0.39 is 94.1 Å². The number of carbonyl (C=O) groups is 7. The molecule has 2 fully saturated rings. The van der Waals surface area contributed by atoms with Gasteiger partial charge in [-0.25, -0.2) is 0 Å². The third-order valence-corrected chi connectivity index (χ3v) is 8.61. The zero-order chi connectivity index (χ0) is 30.5. The number of fused-ring (bicyclic) bond motifs is 3. The number of ketones is 4. The summed E-state index contributed by atoms with van der Waals surface area (Å²) >= 11 is 0. The number of hydrogen-bond donors (Lipinski definition) is 4. The maximum Gasteiger partial charge on any atom is 0.306 e. The number of carbonyl (C=O) groups excluding carboxylic acids is 6. The molecule has 2 saturated carbocycles. The lowest BCUT2D eigenvalue weighted by molar-refractivity contribution is -0.205. The first-order valence-electron chi connectivity index (χ1n) is 13.2. The molecule has 0 saturated heterocycles. The third kappa shape index (κ3) is 4.62. The van der Waals surface area contributed by atoms with Crippen molar-refractivity contribution in [2.24, 2.45) is 29.4 Å². The van der Waals surface area contributed by atoms with Gasteiger partial charge in [0.25, 0.3) is 0 Å². The van der Waals surface area contributed by atoms with Crippen LogP contribution >= 0.6 is 0 Å². The number of phenols is 1. The quantitative estimate of drug-likeness (QED) is 0.178. The highest BCUT2D eigenvalue weighted by Crippen LogP contribution is 2.55. The molecule has 0 heterocycles. The van der Waals surface area contributed by atoms with Crippen LogP contribution in [0.25, 0.3) is 0 Å². The lowest BCUT2D eigenvalue weighted by atomic mass is 9.49. The van der Waals surface area contributed by atoms with Crippen molar-refractivity contribution in [2.75, 3.05) is 14.1 Å². The molecule has 1 aromatic rings. The minimum Gasteiger partial charge on any atom is -0.507 e.